The number of rotatable bonds is 5. The third-order valence-electron chi connectivity index (χ3n) is 5.64. The fourth-order valence-corrected chi connectivity index (χ4v) is 3.86. The summed E-state index contributed by atoms with van der Waals surface area (Å²) in [6.07, 6.45) is -12.6. The number of aromatic nitrogens is 4. The molecule has 0 saturated carbocycles. The summed E-state index contributed by atoms with van der Waals surface area (Å²) in [5.74, 6) is 0.0992. The molecule has 0 aromatic carbocycles. The highest BCUT2D eigenvalue weighted by molar-refractivity contribution is 5.81. The van der Waals surface area contributed by atoms with Gasteiger partial charge in [0.05, 0.1) is 19.5 Å². The van der Waals surface area contributed by atoms with Crippen molar-refractivity contribution in [1.29, 1.82) is 0 Å². The highest BCUT2D eigenvalue weighted by Gasteiger charge is 2.51. The molecule has 0 amide bonds. The fraction of sp³-hybridized carbons (Fsp3) is 0.706. The quantitative estimate of drug-likeness (QED) is 0.209. The number of hydrogen-bond acceptors (Lipinski definition) is 14. The van der Waals surface area contributed by atoms with Gasteiger partial charge in [-0.25, -0.2) is 15.0 Å². The summed E-state index contributed by atoms with van der Waals surface area (Å²) in [5, 5.41) is 70.6. The molecule has 178 valence electrons. The van der Waals surface area contributed by atoms with E-state index >= 15 is 0 Å². The number of aliphatic hydroxyl groups excluding tert-OH is 7. The zero-order valence-electron chi connectivity index (χ0n) is 16.6. The third-order valence-corrected chi connectivity index (χ3v) is 5.64. The molecule has 2 aliphatic rings. The number of fused-ring (bicyclic) bond motifs is 1. The zero-order chi connectivity index (χ0) is 23.2. The smallest absolute Gasteiger partial charge is 0.187 e. The molecule has 0 spiro atoms. The Balaban J connectivity index is 1.57. The van der Waals surface area contributed by atoms with E-state index in [9.17, 15) is 35.7 Å². The molecule has 2 aromatic heterocycles. The van der Waals surface area contributed by atoms with Crippen molar-refractivity contribution in [2.24, 2.45) is 0 Å². The van der Waals surface area contributed by atoms with E-state index < -0.39 is 74.6 Å². The minimum absolute atomic E-state index is 0.0992. The molecule has 2 fully saturated rings. The van der Waals surface area contributed by atoms with E-state index in [1.54, 1.807) is 0 Å². The van der Waals surface area contributed by atoms with Crippen molar-refractivity contribution in [3.05, 3.63) is 12.7 Å². The van der Waals surface area contributed by atoms with Gasteiger partial charge >= 0.3 is 0 Å². The Kier molecular flexibility index (Phi) is 6.55. The predicted octanol–water partition coefficient (Wildman–Crippen LogP) is -4.79. The van der Waals surface area contributed by atoms with Gasteiger partial charge in [-0.1, -0.05) is 0 Å². The molecule has 2 aromatic rings. The molecular weight excluding hydrogens is 434 g/mol. The average molecular weight is 459 g/mol. The second-order valence-corrected chi connectivity index (χ2v) is 7.61. The molecule has 2 aliphatic heterocycles. The van der Waals surface area contributed by atoms with Gasteiger partial charge in [0.2, 0.25) is 0 Å². The summed E-state index contributed by atoms with van der Waals surface area (Å²) in [5.41, 5.74) is 6.23. The largest absolute Gasteiger partial charge is 0.394 e. The number of nitrogens with zero attached hydrogens (tertiary/aromatic N) is 4. The Labute approximate surface area is 180 Å². The number of nitrogen functional groups attached to an aromatic ring is 1. The molecule has 0 radical (unpaired) electrons. The summed E-state index contributed by atoms with van der Waals surface area (Å²) < 4.78 is 17.9. The van der Waals surface area contributed by atoms with Gasteiger partial charge < -0.3 is 55.7 Å². The van der Waals surface area contributed by atoms with Crippen molar-refractivity contribution in [3.63, 3.8) is 0 Å². The molecule has 2 saturated heterocycles. The van der Waals surface area contributed by atoms with Crippen LogP contribution in [0.1, 0.15) is 6.23 Å². The van der Waals surface area contributed by atoms with Crippen molar-refractivity contribution in [2.45, 2.75) is 61.3 Å². The highest BCUT2D eigenvalue weighted by atomic mass is 16.7. The number of aliphatic hydroxyl groups is 7. The second-order valence-electron chi connectivity index (χ2n) is 7.61. The Morgan fingerprint density at radius 3 is 2.28 bits per heavy atom. The minimum atomic E-state index is -1.74. The van der Waals surface area contributed by atoms with Crippen molar-refractivity contribution >= 4 is 17.0 Å². The first-order valence-corrected chi connectivity index (χ1v) is 9.79. The first-order valence-electron chi connectivity index (χ1n) is 9.79. The number of anilines is 1. The maximum Gasteiger partial charge on any atom is 0.187 e. The van der Waals surface area contributed by atoms with Crippen LogP contribution in [0.25, 0.3) is 11.2 Å². The van der Waals surface area contributed by atoms with Crippen molar-refractivity contribution < 1.29 is 50.0 Å². The van der Waals surface area contributed by atoms with Crippen LogP contribution < -0.4 is 5.73 Å². The Hall–Kier alpha value is -2.05. The van der Waals surface area contributed by atoms with Crippen LogP contribution in [0.2, 0.25) is 0 Å². The molecule has 4 rings (SSSR count). The van der Waals surface area contributed by atoms with Gasteiger partial charge in [0, 0.05) is 0 Å². The molecule has 32 heavy (non-hydrogen) atoms. The van der Waals surface area contributed by atoms with Crippen LogP contribution >= 0.6 is 0 Å². The lowest BCUT2D eigenvalue weighted by Crippen LogP contribution is -2.63. The molecule has 0 unspecified atom stereocenters. The van der Waals surface area contributed by atoms with Crippen LogP contribution in [0.15, 0.2) is 12.7 Å². The number of ether oxygens (including phenoxy) is 3. The second kappa shape index (κ2) is 9.06. The van der Waals surface area contributed by atoms with Gasteiger partial charge in [0.15, 0.2) is 24.0 Å². The van der Waals surface area contributed by atoms with E-state index in [1.807, 2.05) is 0 Å². The van der Waals surface area contributed by atoms with Gasteiger partial charge in [-0.15, -0.1) is 0 Å². The van der Waals surface area contributed by atoms with Crippen LogP contribution in [0.5, 0.6) is 0 Å². The summed E-state index contributed by atoms with van der Waals surface area (Å²) in [6, 6.07) is 0. The topological polar surface area (TPSA) is 239 Å². The molecule has 0 aliphatic carbocycles. The summed E-state index contributed by atoms with van der Waals surface area (Å²) >= 11 is 0. The zero-order valence-corrected chi connectivity index (χ0v) is 16.6. The maximum atomic E-state index is 10.7. The SMILES string of the molecule is Nc1ncnc2c1ncn2[C@@H]1O[C@@H](CO)[C@@H](O[C@H]2O[C@@H](CO)[C@@H](O)[C@@H](O)[C@H]2O)[C@@H](O)[C@H]1O. The summed E-state index contributed by atoms with van der Waals surface area (Å²) in [7, 11) is 0. The van der Waals surface area contributed by atoms with Crippen molar-refractivity contribution in [3.8, 4) is 0 Å². The van der Waals surface area contributed by atoms with E-state index in [1.165, 1.54) is 17.2 Å². The molecule has 15 heteroatoms. The van der Waals surface area contributed by atoms with Gasteiger partial charge in [0.25, 0.3) is 0 Å². The van der Waals surface area contributed by atoms with Crippen LogP contribution in [-0.2, 0) is 14.2 Å². The van der Waals surface area contributed by atoms with Crippen molar-refractivity contribution in [1.82, 2.24) is 19.5 Å². The summed E-state index contributed by atoms with van der Waals surface area (Å²) in [4.78, 5) is 12.0. The summed E-state index contributed by atoms with van der Waals surface area (Å²) in [6.45, 7) is -1.34. The Bertz CT molecular complexity index is 928. The fourth-order valence-electron chi connectivity index (χ4n) is 3.86. The Morgan fingerprint density at radius 2 is 1.59 bits per heavy atom. The number of nitrogens with two attached hydrogens (primary N) is 1. The normalized spacial score (nSPS) is 40.6. The van der Waals surface area contributed by atoms with Crippen LogP contribution in [0.3, 0.4) is 0 Å². The first kappa shape index (κ1) is 23.1. The maximum absolute atomic E-state index is 10.7. The number of hydrogen-bond donors (Lipinski definition) is 8. The first-order chi connectivity index (χ1) is 15.3. The highest BCUT2D eigenvalue weighted by Crippen LogP contribution is 2.34. The molecule has 9 N–H and O–H groups in total. The molecular formula is C17H25N5O10. The average Bonchev–Trinajstić information content (AvgIpc) is 3.22. The molecule has 15 nitrogen and oxygen atoms in total. The van der Waals surface area contributed by atoms with Gasteiger partial charge in [-0.05, 0) is 0 Å². The predicted molar refractivity (Wildman–Crippen MR) is 101 cm³/mol. The molecule has 4 heterocycles. The van der Waals surface area contributed by atoms with E-state index in [2.05, 4.69) is 15.0 Å². The van der Waals surface area contributed by atoms with Gasteiger partial charge in [-0.2, -0.15) is 0 Å². The monoisotopic (exact) mass is 459 g/mol. The van der Waals surface area contributed by atoms with Crippen LogP contribution in [-0.4, -0.2) is 124 Å². The van der Waals surface area contributed by atoms with E-state index in [4.69, 9.17) is 19.9 Å². The van der Waals surface area contributed by atoms with E-state index in [0.717, 1.165) is 0 Å². The van der Waals surface area contributed by atoms with Crippen LogP contribution in [0, 0.1) is 0 Å². The third kappa shape index (κ3) is 3.81. The van der Waals surface area contributed by atoms with Gasteiger partial charge in [0.1, 0.15) is 60.7 Å². The minimum Gasteiger partial charge on any atom is -0.394 e. The standard InChI is InChI=1S/C17H25N5O10/c18-14-7-15(20-3-19-14)22(4-21-7)16-11(28)10(27)13(6(2-24)30-16)32-17-12(29)9(26)8(25)5(1-23)31-17/h3-6,8-13,16-17,23-29H,1-2H2,(H2,18,19,20)/t5-,6-,8+,9+,10-,11+,12+,13+,16+,17+/m0/s1. The molecule has 0 bridgehead atoms. The lowest BCUT2D eigenvalue weighted by Gasteiger charge is -2.46. The Morgan fingerprint density at radius 1 is 0.875 bits per heavy atom. The van der Waals surface area contributed by atoms with E-state index in [-0.39, 0.29) is 17.0 Å². The van der Waals surface area contributed by atoms with Crippen molar-refractivity contribution in [2.75, 3.05) is 18.9 Å². The lowest BCUT2D eigenvalue weighted by molar-refractivity contribution is -0.346. The van der Waals surface area contributed by atoms with Crippen LogP contribution in [0.4, 0.5) is 5.82 Å². The molecule has 10 atom stereocenters. The lowest BCUT2D eigenvalue weighted by atomic mass is 9.96. The van der Waals surface area contributed by atoms with Gasteiger partial charge in [-0.3, -0.25) is 4.57 Å². The number of imidazole rings is 1. The van der Waals surface area contributed by atoms with E-state index in [0.29, 0.717) is 0 Å².